The molecule has 6 heteroatoms. The first-order chi connectivity index (χ1) is 8.02. The minimum absolute atomic E-state index is 0.0587. The van der Waals surface area contributed by atoms with Crippen molar-refractivity contribution in [1.82, 2.24) is 9.80 Å². The summed E-state index contributed by atoms with van der Waals surface area (Å²) in [7, 11) is 1.28. The first-order valence-electron chi connectivity index (χ1n) is 5.68. The van der Waals surface area contributed by atoms with Crippen LogP contribution in [0.25, 0.3) is 0 Å². The molecule has 1 unspecified atom stereocenters. The van der Waals surface area contributed by atoms with E-state index in [4.69, 9.17) is 0 Å². The molecular weight excluding hydrogens is 224 g/mol. The zero-order valence-corrected chi connectivity index (χ0v) is 9.64. The maximum Gasteiger partial charge on any atom is 0.333 e. The molecule has 2 fully saturated rings. The lowest BCUT2D eigenvalue weighted by molar-refractivity contribution is -0.142. The molecule has 92 valence electrons. The standard InChI is InChI=1S/C11H14N2O4/c1-12-9(15)10(16)13(11(12)17)6-5-7-3-2-4-8(7)14/h7H,2-6H2,1H3. The van der Waals surface area contributed by atoms with Crippen molar-refractivity contribution in [2.75, 3.05) is 13.6 Å². The second-order valence-corrected chi connectivity index (χ2v) is 4.45. The van der Waals surface area contributed by atoms with Crippen LogP contribution in [-0.2, 0) is 14.4 Å². The average molecular weight is 238 g/mol. The molecule has 1 aliphatic heterocycles. The lowest BCUT2D eigenvalue weighted by Crippen LogP contribution is -2.33. The number of amides is 4. The van der Waals surface area contributed by atoms with Gasteiger partial charge in [0.2, 0.25) is 0 Å². The van der Waals surface area contributed by atoms with E-state index in [1.165, 1.54) is 7.05 Å². The van der Waals surface area contributed by atoms with Gasteiger partial charge < -0.3 is 0 Å². The van der Waals surface area contributed by atoms with E-state index < -0.39 is 17.8 Å². The van der Waals surface area contributed by atoms with E-state index in [0.29, 0.717) is 12.8 Å². The third-order valence-corrected chi connectivity index (χ3v) is 3.38. The van der Waals surface area contributed by atoms with Crippen molar-refractivity contribution in [1.29, 1.82) is 0 Å². The summed E-state index contributed by atoms with van der Waals surface area (Å²) in [5, 5.41) is 0. The smallest absolute Gasteiger partial charge is 0.299 e. The summed E-state index contributed by atoms with van der Waals surface area (Å²) in [5.74, 6) is -1.45. The highest BCUT2D eigenvalue weighted by Crippen LogP contribution is 2.25. The Hall–Kier alpha value is -1.72. The molecule has 0 bridgehead atoms. The van der Waals surface area contributed by atoms with Gasteiger partial charge in [0.05, 0.1) is 0 Å². The van der Waals surface area contributed by atoms with Crippen LogP contribution in [0.1, 0.15) is 25.7 Å². The lowest BCUT2D eigenvalue weighted by atomic mass is 10.0. The van der Waals surface area contributed by atoms with Crippen molar-refractivity contribution in [3.05, 3.63) is 0 Å². The Morgan fingerprint density at radius 1 is 1.18 bits per heavy atom. The Kier molecular flexibility index (Phi) is 2.95. The molecule has 2 aliphatic rings. The van der Waals surface area contributed by atoms with Gasteiger partial charge in [-0.2, -0.15) is 0 Å². The van der Waals surface area contributed by atoms with Crippen molar-refractivity contribution >= 4 is 23.6 Å². The molecule has 0 aromatic carbocycles. The molecule has 1 saturated carbocycles. The average Bonchev–Trinajstić information content (AvgIpc) is 2.78. The van der Waals surface area contributed by atoms with Crippen LogP contribution in [0, 0.1) is 5.92 Å². The summed E-state index contributed by atoms with van der Waals surface area (Å²) in [4.78, 5) is 47.3. The van der Waals surface area contributed by atoms with Gasteiger partial charge >= 0.3 is 17.8 Å². The molecule has 0 spiro atoms. The number of hydrogen-bond acceptors (Lipinski definition) is 4. The van der Waals surface area contributed by atoms with Gasteiger partial charge in [0.15, 0.2) is 0 Å². The predicted molar refractivity (Wildman–Crippen MR) is 56.8 cm³/mol. The molecule has 1 aliphatic carbocycles. The predicted octanol–water partition coefficient (Wildman–Crippen LogP) is 0.166. The highest BCUT2D eigenvalue weighted by molar-refractivity contribution is 6.44. The number of carbonyl (C=O) groups is 4. The third kappa shape index (κ3) is 1.94. The van der Waals surface area contributed by atoms with Crippen molar-refractivity contribution in [2.24, 2.45) is 5.92 Å². The van der Waals surface area contributed by atoms with Crippen LogP contribution in [-0.4, -0.2) is 47.0 Å². The molecule has 2 rings (SSSR count). The number of nitrogens with zero attached hydrogens (tertiary/aromatic N) is 2. The van der Waals surface area contributed by atoms with Gasteiger partial charge in [-0.1, -0.05) is 0 Å². The molecule has 1 heterocycles. The minimum atomic E-state index is -0.798. The van der Waals surface area contributed by atoms with Gasteiger partial charge in [0.1, 0.15) is 5.78 Å². The highest BCUT2D eigenvalue weighted by Gasteiger charge is 2.42. The van der Waals surface area contributed by atoms with Gasteiger partial charge in [-0.05, 0) is 19.3 Å². The summed E-state index contributed by atoms with van der Waals surface area (Å²) in [6.07, 6.45) is 2.76. The van der Waals surface area contributed by atoms with Crippen molar-refractivity contribution in [3.8, 4) is 0 Å². The van der Waals surface area contributed by atoms with Gasteiger partial charge in [-0.15, -0.1) is 0 Å². The largest absolute Gasteiger partial charge is 0.333 e. The molecule has 4 amide bonds. The number of imide groups is 2. The van der Waals surface area contributed by atoms with E-state index >= 15 is 0 Å². The maximum absolute atomic E-state index is 11.5. The zero-order chi connectivity index (χ0) is 12.6. The van der Waals surface area contributed by atoms with E-state index in [1.807, 2.05) is 0 Å². The van der Waals surface area contributed by atoms with Gasteiger partial charge in [0.25, 0.3) is 0 Å². The van der Waals surface area contributed by atoms with E-state index in [-0.39, 0.29) is 18.2 Å². The molecule has 1 atom stereocenters. The van der Waals surface area contributed by atoms with Crippen LogP contribution in [0.15, 0.2) is 0 Å². The minimum Gasteiger partial charge on any atom is -0.299 e. The van der Waals surface area contributed by atoms with E-state index in [2.05, 4.69) is 0 Å². The summed E-state index contributed by atoms with van der Waals surface area (Å²) < 4.78 is 0. The molecule has 6 nitrogen and oxygen atoms in total. The Labute approximate surface area is 98.5 Å². The van der Waals surface area contributed by atoms with Gasteiger partial charge in [-0.25, -0.2) is 4.79 Å². The monoisotopic (exact) mass is 238 g/mol. The molecule has 0 aromatic heterocycles. The zero-order valence-electron chi connectivity index (χ0n) is 9.64. The van der Waals surface area contributed by atoms with E-state index in [9.17, 15) is 19.2 Å². The summed E-state index contributed by atoms with van der Waals surface area (Å²) >= 11 is 0. The number of carbonyl (C=O) groups excluding carboxylic acids is 4. The first kappa shape index (κ1) is 11.8. The quantitative estimate of drug-likeness (QED) is 0.518. The second kappa shape index (κ2) is 4.27. The molecule has 1 saturated heterocycles. The summed E-state index contributed by atoms with van der Waals surface area (Å²) in [6, 6.07) is -0.592. The molecular formula is C11H14N2O4. The van der Waals surface area contributed by atoms with Crippen LogP contribution in [0.3, 0.4) is 0 Å². The number of rotatable bonds is 3. The van der Waals surface area contributed by atoms with Crippen LogP contribution < -0.4 is 0 Å². The summed E-state index contributed by atoms with van der Waals surface area (Å²) in [6.45, 7) is 0.157. The highest BCUT2D eigenvalue weighted by atomic mass is 16.2. The SMILES string of the molecule is CN1C(=O)C(=O)N(CCC2CCCC2=O)C1=O. The summed E-state index contributed by atoms with van der Waals surface area (Å²) in [5.41, 5.74) is 0. The Morgan fingerprint density at radius 3 is 2.35 bits per heavy atom. The van der Waals surface area contributed by atoms with Crippen molar-refractivity contribution in [2.45, 2.75) is 25.7 Å². The van der Waals surface area contributed by atoms with Gasteiger partial charge in [0, 0.05) is 25.9 Å². The number of hydrogen-bond donors (Lipinski definition) is 0. The van der Waals surface area contributed by atoms with Crippen LogP contribution in [0.2, 0.25) is 0 Å². The van der Waals surface area contributed by atoms with Crippen molar-refractivity contribution in [3.63, 3.8) is 0 Å². The Balaban J connectivity index is 1.95. The third-order valence-electron chi connectivity index (χ3n) is 3.38. The molecule has 0 N–H and O–H groups in total. The lowest BCUT2D eigenvalue weighted by Gasteiger charge is -2.14. The number of urea groups is 1. The fraction of sp³-hybridized carbons (Fsp3) is 0.636. The van der Waals surface area contributed by atoms with Crippen molar-refractivity contribution < 1.29 is 19.2 Å². The molecule has 17 heavy (non-hydrogen) atoms. The normalized spacial score (nSPS) is 25.4. The maximum atomic E-state index is 11.5. The van der Waals surface area contributed by atoms with E-state index in [0.717, 1.165) is 22.6 Å². The Bertz CT molecular complexity index is 404. The molecule has 0 radical (unpaired) electrons. The van der Waals surface area contributed by atoms with Crippen LogP contribution in [0.5, 0.6) is 0 Å². The number of ketones is 1. The first-order valence-corrected chi connectivity index (χ1v) is 5.68. The Morgan fingerprint density at radius 2 is 1.88 bits per heavy atom. The second-order valence-electron chi connectivity index (χ2n) is 4.45. The van der Waals surface area contributed by atoms with Crippen LogP contribution >= 0.6 is 0 Å². The fourth-order valence-electron chi connectivity index (χ4n) is 2.29. The number of likely N-dealkylation sites (N-methyl/N-ethyl adjacent to an activating group) is 1. The topological polar surface area (TPSA) is 74.8 Å². The van der Waals surface area contributed by atoms with Crippen LogP contribution in [0.4, 0.5) is 4.79 Å². The molecule has 0 aromatic rings. The fourth-order valence-corrected chi connectivity index (χ4v) is 2.29. The van der Waals surface area contributed by atoms with Gasteiger partial charge in [-0.3, -0.25) is 24.2 Å². The van der Waals surface area contributed by atoms with E-state index in [1.54, 1.807) is 0 Å². The number of Topliss-reactive ketones (excluding diaryl/α,β-unsaturated/α-hetero) is 1.